The summed E-state index contributed by atoms with van der Waals surface area (Å²) in [6, 6.07) is 7.74. The summed E-state index contributed by atoms with van der Waals surface area (Å²) in [5.74, 6) is -0.831. The number of nitrogens with two attached hydrogens (primary N) is 1. The van der Waals surface area contributed by atoms with Crippen LogP contribution in [0.4, 0.5) is 0 Å². The second-order valence-corrected chi connectivity index (χ2v) is 6.23. The first-order valence-electron chi connectivity index (χ1n) is 7.95. The number of benzene rings is 1. The van der Waals surface area contributed by atoms with Crippen LogP contribution in [0.25, 0.3) is 10.9 Å². The molecule has 0 saturated heterocycles. The minimum Gasteiger partial charge on any atom is -0.481 e. The van der Waals surface area contributed by atoms with Crippen molar-refractivity contribution in [1.82, 2.24) is 4.98 Å². The normalized spacial score (nSPS) is 17.0. The van der Waals surface area contributed by atoms with Gasteiger partial charge in [-0.25, -0.2) is 0 Å². The van der Waals surface area contributed by atoms with Gasteiger partial charge in [-0.1, -0.05) is 25.1 Å². The van der Waals surface area contributed by atoms with Gasteiger partial charge in [0.1, 0.15) is 0 Å². The summed E-state index contributed by atoms with van der Waals surface area (Å²) in [4.78, 5) is 15.8. The number of para-hydroxylation sites is 1. The second kappa shape index (κ2) is 6.05. The zero-order valence-electron chi connectivity index (χ0n) is 12.9. The number of pyridine rings is 1. The molecular formula is C18H22N2O2. The Labute approximate surface area is 130 Å². The van der Waals surface area contributed by atoms with Crippen LogP contribution < -0.4 is 5.73 Å². The summed E-state index contributed by atoms with van der Waals surface area (Å²) < 4.78 is 0. The molecule has 2 unspecified atom stereocenters. The van der Waals surface area contributed by atoms with E-state index in [0.29, 0.717) is 0 Å². The maximum absolute atomic E-state index is 11.0. The van der Waals surface area contributed by atoms with Gasteiger partial charge in [0.2, 0.25) is 0 Å². The van der Waals surface area contributed by atoms with Gasteiger partial charge in [-0.2, -0.15) is 0 Å². The second-order valence-electron chi connectivity index (χ2n) is 6.23. The molecule has 1 heterocycles. The first kappa shape index (κ1) is 15.0. The van der Waals surface area contributed by atoms with E-state index in [2.05, 4.69) is 6.07 Å². The Bertz CT molecular complexity index is 712. The quantitative estimate of drug-likeness (QED) is 0.909. The van der Waals surface area contributed by atoms with E-state index in [1.807, 2.05) is 25.1 Å². The molecule has 4 nitrogen and oxygen atoms in total. The number of hydrogen-bond donors (Lipinski definition) is 2. The third kappa shape index (κ3) is 2.71. The molecule has 2 atom stereocenters. The molecule has 0 radical (unpaired) electrons. The molecule has 22 heavy (non-hydrogen) atoms. The predicted octanol–water partition coefficient (Wildman–Crippen LogP) is 3.02. The van der Waals surface area contributed by atoms with Crippen molar-refractivity contribution in [2.24, 2.45) is 5.73 Å². The number of nitrogens with zero attached hydrogens (tertiary/aromatic N) is 1. The number of aromatic nitrogens is 1. The largest absolute Gasteiger partial charge is 0.481 e. The van der Waals surface area contributed by atoms with Crippen molar-refractivity contribution in [3.8, 4) is 0 Å². The van der Waals surface area contributed by atoms with Crippen molar-refractivity contribution in [2.45, 2.75) is 51.0 Å². The third-order valence-electron chi connectivity index (χ3n) is 4.72. The lowest BCUT2D eigenvalue weighted by Gasteiger charge is -2.27. The number of aryl methyl sites for hydroxylation is 1. The molecule has 0 fully saturated rings. The highest BCUT2D eigenvalue weighted by molar-refractivity contribution is 5.84. The van der Waals surface area contributed by atoms with Crippen LogP contribution in [0.1, 0.15) is 48.9 Å². The van der Waals surface area contributed by atoms with Crippen LogP contribution in [0.2, 0.25) is 0 Å². The summed E-state index contributed by atoms with van der Waals surface area (Å²) in [5.41, 5.74) is 10.9. The Kier molecular flexibility index (Phi) is 4.12. The van der Waals surface area contributed by atoms with Crippen LogP contribution in [0.3, 0.4) is 0 Å². The molecule has 0 saturated carbocycles. The topological polar surface area (TPSA) is 76.2 Å². The molecule has 3 N–H and O–H groups in total. The number of fused-ring (bicyclic) bond motifs is 2. The third-order valence-corrected chi connectivity index (χ3v) is 4.72. The highest BCUT2D eigenvalue weighted by Gasteiger charge is 2.25. The van der Waals surface area contributed by atoms with Gasteiger partial charge in [0.15, 0.2) is 0 Å². The average Bonchev–Trinajstić information content (AvgIpc) is 2.51. The standard InChI is InChI=1S/C18H22N2O2/c1-11(14(19)10-17(21)22)18-12-6-2-4-8-15(12)20-16-9-5-3-7-13(16)18/h2,4,6,8,11,14H,3,5,7,9-10,19H2,1H3,(H,21,22). The number of carboxylic acids is 1. The number of carbonyl (C=O) groups is 1. The summed E-state index contributed by atoms with van der Waals surface area (Å²) in [6.07, 6.45) is 4.36. The Morgan fingerprint density at radius 3 is 2.82 bits per heavy atom. The van der Waals surface area contributed by atoms with Crippen LogP contribution >= 0.6 is 0 Å². The SMILES string of the molecule is CC(c1c2c(nc3ccccc13)CCCC2)C(N)CC(=O)O. The Morgan fingerprint density at radius 2 is 2.05 bits per heavy atom. The zero-order chi connectivity index (χ0) is 15.7. The lowest BCUT2D eigenvalue weighted by molar-refractivity contribution is -0.137. The molecule has 0 aliphatic heterocycles. The van der Waals surface area contributed by atoms with E-state index in [9.17, 15) is 4.79 Å². The van der Waals surface area contributed by atoms with Gasteiger partial charge in [-0.05, 0) is 48.8 Å². The van der Waals surface area contributed by atoms with Crippen molar-refractivity contribution in [3.05, 3.63) is 41.1 Å². The van der Waals surface area contributed by atoms with Crippen LogP contribution in [-0.2, 0) is 17.6 Å². The fourth-order valence-corrected chi connectivity index (χ4v) is 3.52. The number of carboxylic acid groups (broad SMARTS) is 1. The smallest absolute Gasteiger partial charge is 0.304 e. The van der Waals surface area contributed by atoms with Crippen molar-refractivity contribution >= 4 is 16.9 Å². The summed E-state index contributed by atoms with van der Waals surface area (Å²) >= 11 is 0. The van der Waals surface area contributed by atoms with E-state index in [0.717, 1.165) is 23.7 Å². The Balaban J connectivity index is 2.15. The summed E-state index contributed by atoms with van der Waals surface area (Å²) in [7, 11) is 0. The van der Waals surface area contributed by atoms with E-state index in [1.165, 1.54) is 29.7 Å². The predicted molar refractivity (Wildman–Crippen MR) is 87.0 cm³/mol. The molecular weight excluding hydrogens is 276 g/mol. The van der Waals surface area contributed by atoms with E-state index in [-0.39, 0.29) is 18.4 Å². The molecule has 1 aliphatic rings. The minimum absolute atomic E-state index is 0.00735. The maximum atomic E-state index is 11.0. The van der Waals surface area contributed by atoms with E-state index < -0.39 is 5.97 Å². The fourth-order valence-electron chi connectivity index (χ4n) is 3.52. The summed E-state index contributed by atoms with van der Waals surface area (Å²) in [6.45, 7) is 2.05. The van der Waals surface area contributed by atoms with Gasteiger partial charge in [0.25, 0.3) is 0 Å². The molecule has 116 valence electrons. The van der Waals surface area contributed by atoms with E-state index in [1.54, 1.807) is 0 Å². The summed E-state index contributed by atoms with van der Waals surface area (Å²) in [5, 5.41) is 10.2. The molecule has 1 aromatic heterocycles. The van der Waals surface area contributed by atoms with E-state index in [4.69, 9.17) is 15.8 Å². The molecule has 1 aromatic carbocycles. The van der Waals surface area contributed by atoms with Gasteiger partial charge in [0, 0.05) is 17.1 Å². The first-order chi connectivity index (χ1) is 10.6. The van der Waals surface area contributed by atoms with Gasteiger partial charge in [-0.3, -0.25) is 9.78 Å². The van der Waals surface area contributed by atoms with E-state index >= 15 is 0 Å². The molecule has 4 heteroatoms. The van der Waals surface area contributed by atoms with Gasteiger partial charge >= 0.3 is 5.97 Å². The number of hydrogen-bond acceptors (Lipinski definition) is 3. The zero-order valence-corrected chi connectivity index (χ0v) is 12.9. The lowest BCUT2D eigenvalue weighted by atomic mass is 9.81. The van der Waals surface area contributed by atoms with Crippen LogP contribution in [-0.4, -0.2) is 22.1 Å². The number of rotatable bonds is 4. The monoisotopic (exact) mass is 298 g/mol. The highest BCUT2D eigenvalue weighted by Crippen LogP contribution is 2.35. The Hall–Kier alpha value is -1.94. The van der Waals surface area contributed by atoms with Crippen LogP contribution in [0.5, 0.6) is 0 Å². The van der Waals surface area contributed by atoms with Crippen molar-refractivity contribution < 1.29 is 9.90 Å². The molecule has 2 aromatic rings. The Morgan fingerprint density at radius 1 is 1.32 bits per heavy atom. The molecule has 1 aliphatic carbocycles. The molecule has 3 rings (SSSR count). The molecule has 0 spiro atoms. The minimum atomic E-state index is -0.841. The highest BCUT2D eigenvalue weighted by atomic mass is 16.4. The van der Waals surface area contributed by atoms with Gasteiger partial charge in [0.05, 0.1) is 11.9 Å². The molecule has 0 amide bonds. The van der Waals surface area contributed by atoms with Crippen molar-refractivity contribution in [3.63, 3.8) is 0 Å². The maximum Gasteiger partial charge on any atom is 0.304 e. The van der Waals surface area contributed by atoms with Gasteiger partial charge < -0.3 is 10.8 Å². The van der Waals surface area contributed by atoms with Gasteiger partial charge in [-0.15, -0.1) is 0 Å². The number of aliphatic carboxylic acids is 1. The van der Waals surface area contributed by atoms with Crippen LogP contribution in [0, 0.1) is 0 Å². The van der Waals surface area contributed by atoms with Crippen molar-refractivity contribution in [1.29, 1.82) is 0 Å². The van der Waals surface area contributed by atoms with Crippen LogP contribution in [0.15, 0.2) is 24.3 Å². The average molecular weight is 298 g/mol. The fraction of sp³-hybridized carbons (Fsp3) is 0.444. The lowest BCUT2D eigenvalue weighted by Crippen LogP contribution is -2.30. The molecule has 0 bridgehead atoms. The van der Waals surface area contributed by atoms with Crippen molar-refractivity contribution in [2.75, 3.05) is 0 Å². The first-order valence-corrected chi connectivity index (χ1v) is 7.95.